The zero-order valence-electron chi connectivity index (χ0n) is 14.3. The van der Waals surface area contributed by atoms with E-state index in [0.717, 1.165) is 0 Å². The molecule has 0 aromatic heterocycles. The second-order valence-corrected chi connectivity index (χ2v) is 6.16. The quantitative estimate of drug-likeness (QED) is 0.533. The van der Waals surface area contributed by atoms with Gasteiger partial charge >= 0.3 is 5.97 Å². The summed E-state index contributed by atoms with van der Waals surface area (Å²) >= 11 is 3.29. The number of rotatable bonds is 7. The van der Waals surface area contributed by atoms with Crippen LogP contribution >= 0.6 is 15.9 Å². The number of benzene rings is 2. The molecule has 0 atom stereocenters. The lowest BCUT2D eigenvalue weighted by Gasteiger charge is -2.08. The van der Waals surface area contributed by atoms with Gasteiger partial charge in [0, 0.05) is 11.3 Å². The zero-order chi connectivity index (χ0) is 19.8. The van der Waals surface area contributed by atoms with E-state index in [1.165, 1.54) is 31.4 Å². The van der Waals surface area contributed by atoms with Gasteiger partial charge in [-0.15, -0.1) is 0 Å². The number of anilines is 1. The Morgan fingerprint density at radius 2 is 1.78 bits per heavy atom. The minimum absolute atomic E-state index is 0.233. The topological polar surface area (TPSA) is 105 Å². The number of methoxy groups -OCH3 is 1. The Morgan fingerprint density at radius 1 is 1.11 bits per heavy atom. The first-order chi connectivity index (χ1) is 12.9. The second-order valence-electron chi connectivity index (χ2n) is 5.31. The number of nitrogens with zero attached hydrogens (tertiary/aromatic N) is 1. The number of hydrogen-bond acceptors (Lipinski definition) is 6. The molecular weight excluding hydrogens is 416 g/mol. The molecule has 0 spiro atoms. The van der Waals surface area contributed by atoms with E-state index < -0.39 is 18.5 Å². The molecule has 8 heteroatoms. The molecule has 7 nitrogen and oxygen atoms in total. The van der Waals surface area contributed by atoms with Crippen molar-refractivity contribution in [3.63, 3.8) is 0 Å². The van der Waals surface area contributed by atoms with E-state index in [-0.39, 0.29) is 17.8 Å². The van der Waals surface area contributed by atoms with Gasteiger partial charge < -0.3 is 14.8 Å². The number of ketones is 1. The van der Waals surface area contributed by atoms with E-state index in [0.29, 0.717) is 21.5 Å². The molecule has 0 aliphatic carbocycles. The zero-order valence-corrected chi connectivity index (χ0v) is 15.9. The maximum absolute atomic E-state index is 12.2. The Bertz CT molecular complexity index is 903. The first-order valence-corrected chi connectivity index (χ1v) is 8.54. The fourth-order valence-electron chi connectivity index (χ4n) is 2.10. The number of carbonyl (C=O) groups excluding carboxylic acids is 3. The van der Waals surface area contributed by atoms with Crippen LogP contribution < -0.4 is 10.1 Å². The second kappa shape index (κ2) is 9.50. The van der Waals surface area contributed by atoms with E-state index >= 15 is 0 Å². The van der Waals surface area contributed by atoms with E-state index in [1.807, 2.05) is 0 Å². The monoisotopic (exact) mass is 430 g/mol. The highest BCUT2D eigenvalue weighted by atomic mass is 79.9. The summed E-state index contributed by atoms with van der Waals surface area (Å²) in [6.07, 6.45) is -0.257. The predicted molar refractivity (Wildman–Crippen MR) is 101 cm³/mol. The molecule has 138 valence electrons. The number of nitrogens with one attached hydrogen (secondary N) is 1. The van der Waals surface area contributed by atoms with Crippen molar-refractivity contribution >= 4 is 39.3 Å². The molecule has 0 unspecified atom stereocenters. The van der Waals surface area contributed by atoms with Gasteiger partial charge in [-0.2, -0.15) is 5.26 Å². The molecule has 27 heavy (non-hydrogen) atoms. The number of carbonyl (C=O) groups is 3. The van der Waals surface area contributed by atoms with Crippen molar-refractivity contribution in [1.82, 2.24) is 0 Å². The first-order valence-electron chi connectivity index (χ1n) is 7.75. The smallest absolute Gasteiger partial charge is 0.338 e. The summed E-state index contributed by atoms with van der Waals surface area (Å²) in [5.74, 6) is -0.868. The molecule has 0 saturated carbocycles. The van der Waals surface area contributed by atoms with Gasteiger partial charge in [-0.25, -0.2) is 4.79 Å². The van der Waals surface area contributed by atoms with Crippen LogP contribution in [0.25, 0.3) is 0 Å². The molecule has 2 rings (SSSR count). The summed E-state index contributed by atoms with van der Waals surface area (Å²) in [5, 5.41) is 11.0. The van der Waals surface area contributed by atoms with Gasteiger partial charge in [-0.1, -0.05) is 0 Å². The van der Waals surface area contributed by atoms with Crippen LogP contribution in [0.5, 0.6) is 5.75 Å². The molecule has 1 amide bonds. The van der Waals surface area contributed by atoms with Crippen molar-refractivity contribution in [2.24, 2.45) is 0 Å². The van der Waals surface area contributed by atoms with Crippen molar-refractivity contribution in [1.29, 1.82) is 5.26 Å². The van der Waals surface area contributed by atoms with E-state index in [9.17, 15) is 14.4 Å². The Kier molecular flexibility index (Phi) is 7.08. The fraction of sp³-hybridized carbons (Fsp3) is 0.158. The van der Waals surface area contributed by atoms with Gasteiger partial charge in [0.1, 0.15) is 12.2 Å². The Hall–Kier alpha value is -3.18. The number of ether oxygens (including phenoxy) is 2. The molecule has 2 aromatic rings. The lowest BCUT2D eigenvalue weighted by Crippen LogP contribution is -2.14. The lowest BCUT2D eigenvalue weighted by atomic mass is 10.1. The van der Waals surface area contributed by atoms with Gasteiger partial charge in [0.05, 0.1) is 23.2 Å². The number of halogens is 1. The maximum atomic E-state index is 12.2. The molecule has 1 N–H and O–H groups in total. The van der Waals surface area contributed by atoms with E-state index in [2.05, 4.69) is 21.2 Å². The minimum atomic E-state index is -0.661. The summed E-state index contributed by atoms with van der Waals surface area (Å²) in [5.41, 5.74) is 1.06. The van der Waals surface area contributed by atoms with Crippen LogP contribution in [0.4, 0.5) is 5.69 Å². The van der Waals surface area contributed by atoms with E-state index in [1.54, 1.807) is 24.3 Å². The van der Waals surface area contributed by atoms with Crippen molar-refractivity contribution in [2.45, 2.75) is 6.42 Å². The Labute approximate surface area is 164 Å². The highest BCUT2D eigenvalue weighted by molar-refractivity contribution is 9.10. The van der Waals surface area contributed by atoms with E-state index in [4.69, 9.17) is 14.7 Å². The van der Waals surface area contributed by atoms with Crippen LogP contribution in [0.3, 0.4) is 0 Å². The van der Waals surface area contributed by atoms with Crippen LogP contribution in [0.15, 0.2) is 46.9 Å². The lowest BCUT2D eigenvalue weighted by molar-refractivity contribution is -0.115. The highest BCUT2D eigenvalue weighted by Crippen LogP contribution is 2.25. The van der Waals surface area contributed by atoms with Gasteiger partial charge in [-0.3, -0.25) is 9.59 Å². The minimum Gasteiger partial charge on any atom is -0.496 e. The van der Waals surface area contributed by atoms with Gasteiger partial charge in [0.15, 0.2) is 12.4 Å². The third-order valence-corrected chi connectivity index (χ3v) is 4.07. The van der Waals surface area contributed by atoms with Gasteiger partial charge in [-0.05, 0) is 58.4 Å². The summed E-state index contributed by atoms with van der Waals surface area (Å²) in [4.78, 5) is 35.5. The third-order valence-electron chi connectivity index (χ3n) is 3.45. The highest BCUT2D eigenvalue weighted by Gasteiger charge is 2.13. The molecule has 0 radical (unpaired) electrons. The van der Waals surface area contributed by atoms with Crippen LogP contribution in [0.2, 0.25) is 0 Å². The van der Waals surface area contributed by atoms with Crippen molar-refractivity contribution in [2.75, 3.05) is 19.0 Å². The SMILES string of the molecule is COc1ccc(C(=O)COC(=O)c2ccc(NC(=O)CC#N)cc2)cc1Br. The maximum Gasteiger partial charge on any atom is 0.338 e. The molecule has 0 fully saturated rings. The number of hydrogen-bond donors (Lipinski definition) is 1. The van der Waals surface area contributed by atoms with Crippen LogP contribution in [0, 0.1) is 11.3 Å². The standard InChI is InChI=1S/C19H15BrN2O5/c1-26-17-7-4-13(10-15(17)20)16(23)11-27-19(25)12-2-5-14(6-3-12)22-18(24)8-9-21/h2-7,10H,8,11H2,1H3,(H,22,24). The Balaban J connectivity index is 1.93. The van der Waals surface area contributed by atoms with Gasteiger partial charge in [0.25, 0.3) is 0 Å². The molecule has 0 aliphatic heterocycles. The Morgan fingerprint density at radius 3 is 2.37 bits per heavy atom. The van der Waals surface area contributed by atoms with Crippen LogP contribution in [0.1, 0.15) is 27.1 Å². The normalized spacial score (nSPS) is 9.81. The fourth-order valence-corrected chi connectivity index (χ4v) is 2.64. The van der Waals surface area contributed by atoms with Crippen LogP contribution in [-0.4, -0.2) is 31.4 Å². The van der Waals surface area contributed by atoms with Crippen molar-refractivity contribution in [3.8, 4) is 11.8 Å². The molecule has 0 aliphatic rings. The van der Waals surface area contributed by atoms with Crippen LogP contribution in [-0.2, 0) is 9.53 Å². The summed E-state index contributed by atoms with van der Waals surface area (Å²) in [6, 6.07) is 12.5. The first kappa shape index (κ1) is 20.1. The van der Waals surface area contributed by atoms with Gasteiger partial charge in [0.2, 0.25) is 5.91 Å². The molecule has 0 saturated heterocycles. The van der Waals surface area contributed by atoms with Crippen molar-refractivity contribution in [3.05, 3.63) is 58.1 Å². The average Bonchev–Trinajstić information content (AvgIpc) is 2.66. The number of nitriles is 1. The predicted octanol–water partition coefficient (Wildman–Crippen LogP) is 3.35. The molecule has 2 aromatic carbocycles. The van der Waals surface area contributed by atoms with Crippen molar-refractivity contribution < 1.29 is 23.9 Å². The number of esters is 1. The number of Topliss-reactive ketones (excluding diaryl/α,β-unsaturated/α-hetero) is 1. The number of amides is 1. The molecule has 0 bridgehead atoms. The average molecular weight is 431 g/mol. The summed E-state index contributed by atoms with van der Waals surface area (Å²) in [6.45, 7) is -0.405. The third kappa shape index (κ3) is 5.66. The molecular formula is C19H15BrN2O5. The largest absolute Gasteiger partial charge is 0.496 e. The molecule has 0 heterocycles. The summed E-state index contributed by atoms with van der Waals surface area (Å²) < 4.78 is 10.8. The summed E-state index contributed by atoms with van der Waals surface area (Å²) in [7, 11) is 1.52.